The highest BCUT2D eigenvalue weighted by molar-refractivity contribution is 5.39. The van der Waals surface area contributed by atoms with E-state index in [1.165, 1.54) is 19.3 Å². The molecule has 0 aromatic carbocycles. The van der Waals surface area contributed by atoms with Gasteiger partial charge in [0.15, 0.2) is 0 Å². The lowest BCUT2D eigenvalue weighted by Gasteiger charge is -2.37. The third-order valence-electron chi connectivity index (χ3n) is 4.24. The molecule has 1 aromatic rings. The number of anilines is 1. The molecule has 0 amide bonds. The second-order valence-electron chi connectivity index (χ2n) is 6.11. The van der Waals surface area contributed by atoms with Crippen LogP contribution >= 0.6 is 0 Å². The molecule has 1 N–H and O–H groups in total. The molecule has 0 aliphatic heterocycles. The van der Waals surface area contributed by atoms with E-state index in [1.807, 2.05) is 19.2 Å². The zero-order valence-corrected chi connectivity index (χ0v) is 12.5. The van der Waals surface area contributed by atoms with Crippen molar-refractivity contribution in [1.82, 2.24) is 4.98 Å². The lowest BCUT2D eigenvalue weighted by Crippen LogP contribution is -2.36. The molecule has 19 heavy (non-hydrogen) atoms. The Morgan fingerprint density at radius 2 is 2.16 bits per heavy atom. The first kappa shape index (κ1) is 14.2. The summed E-state index contributed by atoms with van der Waals surface area (Å²) in [7, 11) is 1.88. The van der Waals surface area contributed by atoms with Crippen LogP contribution in [0.4, 0.5) is 5.82 Å². The van der Waals surface area contributed by atoms with Crippen molar-refractivity contribution < 1.29 is 4.74 Å². The van der Waals surface area contributed by atoms with Crippen molar-refractivity contribution in [1.29, 1.82) is 0 Å². The van der Waals surface area contributed by atoms with Crippen molar-refractivity contribution >= 4 is 5.82 Å². The van der Waals surface area contributed by atoms with Gasteiger partial charge in [0.2, 0.25) is 0 Å². The third kappa shape index (κ3) is 3.62. The molecule has 3 heteroatoms. The summed E-state index contributed by atoms with van der Waals surface area (Å²) in [4.78, 5) is 4.23. The molecule has 0 radical (unpaired) electrons. The molecule has 0 saturated heterocycles. The molecule has 2 rings (SSSR count). The first-order valence-electron chi connectivity index (χ1n) is 7.40. The SMILES string of the molecule is CNc1cc(OC2CC(C)CCC2C(C)C)ccn1. The van der Waals surface area contributed by atoms with Crippen LogP contribution < -0.4 is 10.1 Å². The average Bonchev–Trinajstić information content (AvgIpc) is 2.38. The Hall–Kier alpha value is -1.25. The van der Waals surface area contributed by atoms with Gasteiger partial charge in [0, 0.05) is 19.3 Å². The van der Waals surface area contributed by atoms with Gasteiger partial charge in [0.1, 0.15) is 17.7 Å². The molecule has 3 nitrogen and oxygen atoms in total. The summed E-state index contributed by atoms with van der Waals surface area (Å²) >= 11 is 0. The normalized spacial score (nSPS) is 27.3. The molecule has 1 aliphatic rings. The van der Waals surface area contributed by atoms with E-state index in [0.29, 0.717) is 17.9 Å². The van der Waals surface area contributed by atoms with Crippen molar-refractivity contribution in [3.63, 3.8) is 0 Å². The predicted octanol–water partition coefficient (Wildman–Crippen LogP) is 3.96. The number of nitrogens with zero attached hydrogens (tertiary/aromatic N) is 1. The number of hydrogen-bond acceptors (Lipinski definition) is 3. The highest BCUT2D eigenvalue weighted by atomic mass is 16.5. The van der Waals surface area contributed by atoms with Crippen LogP contribution in [0.2, 0.25) is 0 Å². The number of nitrogens with one attached hydrogen (secondary N) is 1. The molecule has 1 aliphatic carbocycles. The standard InChI is InChI=1S/C16H26N2O/c1-11(2)14-6-5-12(3)9-15(14)19-13-7-8-18-16(10-13)17-4/h7-8,10-12,14-15H,5-6,9H2,1-4H3,(H,17,18). The van der Waals surface area contributed by atoms with Crippen molar-refractivity contribution in [2.45, 2.75) is 46.1 Å². The molecule has 3 unspecified atom stereocenters. The van der Waals surface area contributed by atoms with Crippen LogP contribution in [0.25, 0.3) is 0 Å². The molecule has 106 valence electrons. The fourth-order valence-corrected chi connectivity index (χ4v) is 3.05. The van der Waals surface area contributed by atoms with Crippen LogP contribution in [0.3, 0.4) is 0 Å². The third-order valence-corrected chi connectivity index (χ3v) is 4.24. The molecule has 3 atom stereocenters. The number of pyridine rings is 1. The monoisotopic (exact) mass is 262 g/mol. The second-order valence-corrected chi connectivity index (χ2v) is 6.11. The van der Waals surface area contributed by atoms with E-state index in [4.69, 9.17) is 4.74 Å². The van der Waals surface area contributed by atoms with Crippen LogP contribution in [0.1, 0.15) is 40.0 Å². The first-order valence-corrected chi connectivity index (χ1v) is 7.40. The summed E-state index contributed by atoms with van der Waals surface area (Å²) in [5, 5.41) is 3.06. The van der Waals surface area contributed by atoms with E-state index in [0.717, 1.165) is 17.5 Å². The number of aromatic nitrogens is 1. The van der Waals surface area contributed by atoms with Gasteiger partial charge in [-0.25, -0.2) is 4.98 Å². The zero-order valence-electron chi connectivity index (χ0n) is 12.5. The maximum atomic E-state index is 6.26. The van der Waals surface area contributed by atoms with Crippen LogP contribution in [0.15, 0.2) is 18.3 Å². The summed E-state index contributed by atoms with van der Waals surface area (Å²) in [6, 6.07) is 3.94. The minimum Gasteiger partial charge on any atom is -0.490 e. The van der Waals surface area contributed by atoms with E-state index >= 15 is 0 Å². The zero-order chi connectivity index (χ0) is 13.8. The van der Waals surface area contributed by atoms with E-state index in [1.54, 1.807) is 6.20 Å². The predicted molar refractivity (Wildman–Crippen MR) is 79.5 cm³/mol. The van der Waals surface area contributed by atoms with E-state index < -0.39 is 0 Å². The first-order chi connectivity index (χ1) is 9.10. The molecule has 1 aromatic heterocycles. The van der Waals surface area contributed by atoms with Crippen molar-refractivity contribution in [3.05, 3.63) is 18.3 Å². The summed E-state index contributed by atoms with van der Waals surface area (Å²) < 4.78 is 6.26. The van der Waals surface area contributed by atoms with Crippen LogP contribution in [-0.2, 0) is 0 Å². The van der Waals surface area contributed by atoms with Gasteiger partial charge in [0.25, 0.3) is 0 Å². The molecule has 1 heterocycles. The second kappa shape index (κ2) is 6.27. The van der Waals surface area contributed by atoms with Gasteiger partial charge in [-0.15, -0.1) is 0 Å². The van der Waals surface area contributed by atoms with Crippen molar-refractivity contribution in [3.8, 4) is 5.75 Å². The summed E-state index contributed by atoms with van der Waals surface area (Å²) in [6.07, 6.45) is 5.93. The van der Waals surface area contributed by atoms with Gasteiger partial charge in [-0.05, 0) is 36.7 Å². The molecule has 0 bridgehead atoms. The lowest BCUT2D eigenvalue weighted by atomic mass is 9.75. The largest absolute Gasteiger partial charge is 0.490 e. The van der Waals surface area contributed by atoms with Gasteiger partial charge in [-0.2, -0.15) is 0 Å². The summed E-state index contributed by atoms with van der Waals surface area (Å²) in [6.45, 7) is 6.95. The summed E-state index contributed by atoms with van der Waals surface area (Å²) in [5.74, 6) is 3.92. The van der Waals surface area contributed by atoms with Gasteiger partial charge >= 0.3 is 0 Å². The Morgan fingerprint density at radius 1 is 1.37 bits per heavy atom. The molecular weight excluding hydrogens is 236 g/mol. The molecule has 1 fully saturated rings. The van der Waals surface area contributed by atoms with Gasteiger partial charge in [-0.3, -0.25) is 0 Å². The van der Waals surface area contributed by atoms with Gasteiger partial charge in [-0.1, -0.05) is 27.2 Å². The average molecular weight is 262 g/mol. The highest BCUT2D eigenvalue weighted by Gasteiger charge is 2.32. The van der Waals surface area contributed by atoms with Crippen LogP contribution in [0.5, 0.6) is 5.75 Å². The Bertz CT molecular complexity index is 405. The quantitative estimate of drug-likeness (QED) is 0.891. The maximum absolute atomic E-state index is 6.26. The number of ether oxygens (including phenoxy) is 1. The number of hydrogen-bond donors (Lipinski definition) is 1. The van der Waals surface area contributed by atoms with Crippen LogP contribution in [0, 0.1) is 17.8 Å². The highest BCUT2D eigenvalue weighted by Crippen LogP contribution is 2.36. The fraction of sp³-hybridized carbons (Fsp3) is 0.688. The topological polar surface area (TPSA) is 34.1 Å². The molecule has 1 saturated carbocycles. The Labute approximate surface area is 116 Å². The van der Waals surface area contributed by atoms with E-state index in [9.17, 15) is 0 Å². The van der Waals surface area contributed by atoms with Gasteiger partial charge < -0.3 is 10.1 Å². The van der Waals surface area contributed by atoms with E-state index in [-0.39, 0.29) is 0 Å². The molecule has 0 spiro atoms. The van der Waals surface area contributed by atoms with Crippen molar-refractivity contribution in [2.75, 3.05) is 12.4 Å². The Kier molecular flexibility index (Phi) is 4.67. The van der Waals surface area contributed by atoms with Crippen molar-refractivity contribution in [2.24, 2.45) is 17.8 Å². The Balaban J connectivity index is 2.09. The van der Waals surface area contributed by atoms with E-state index in [2.05, 4.69) is 31.1 Å². The minimum absolute atomic E-state index is 0.343. The summed E-state index contributed by atoms with van der Waals surface area (Å²) in [5.41, 5.74) is 0. The molecular formula is C16H26N2O. The fourth-order valence-electron chi connectivity index (χ4n) is 3.05. The number of rotatable bonds is 4. The lowest BCUT2D eigenvalue weighted by molar-refractivity contribution is 0.0460. The smallest absolute Gasteiger partial charge is 0.129 e. The maximum Gasteiger partial charge on any atom is 0.129 e. The van der Waals surface area contributed by atoms with Crippen LogP contribution in [-0.4, -0.2) is 18.1 Å². The van der Waals surface area contributed by atoms with Gasteiger partial charge in [0.05, 0.1) is 0 Å². The minimum atomic E-state index is 0.343. The Morgan fingerprint density at radius 3 is 2.84 bits per heavy atom.